The number of ether oxygens (including phenoxy) is 2. The fourth-order valence-corrected chi connectivity index (χ4v) is 2.65. The SMILES string of the molecule is COc1ccc(C=CC(=O)NCc2ccc(-n3ccnc3)c(F)c2)cc1OC. The number of hydrogen-bond acceptors (Lipinski definition) is 4. The quantitative estimate of drug-likeness (QED) is 0.638. The van der Waals surface area contributed by atoms with E-state index in [0.717, 1.165) is 5.56 Å². The molecule has 0 saturated carbocycles. The third-order valence-corrected chi connectivity index (χ3v) is 4.10. The summed E-state index contributed by atoms with van der Waals surface area (Å²) in [4.78, 5) is 16.0. The molecule has 1 heterocycles. The molecule has 0 bridgehead atoms. The van der Waals surface area contributed by atoms with Gasteiger partial charge in [0.25, 0.3) is 0 Å². The van der Waals surface area contributed by atoms with Crippen LogP contribution >= 0.6 is 0 Å². The summed E-state index contributed by atoms with van der Waals surface area (Å²) in [5.74, 6) is 0.531. The first-order chi connectivity index (χ1) is 13.6. The summed E-state index contributed by atoms with van der Waals surface area (Å²) in [6.45, 7) is 0.218. The van der Waals surface area contributed by atoms with Crippen LogP contribution in [0.15, 0.2) is 61.2 Å². The maximum absolute atomic E-state index is 14.2. The van der Waals surface area contributed by atoms with Crippen LogP contribution in [-0.2, 0) is 11.3 Å². The van der Waals surface area contributed by atoms with E-state index in [1.54, 1.807) is 61.5 Å². The lowest BCUT2D eigenvalue weighted by molar-refractivity contribution is -0.116. The second kappa shape index (κ2) is 8.85. The topological polar surface area (TPSA) is 65.4 Å². The second-order valence-electron chi connectivity index (χ2n) is 5.92. The van der Waals surface area contributed by atoms with Gasteiger partial charge in [0.2, 0.25) is 5.91 Å². The summed E-state index contributed by atoms with van der Waals surface area (Å²) < 4.78 is 26.2. The first-order valence-electron chi connectivity index (χ1n) is 8.55. The molecule has 0 spiro atoms. The zero-order valence-corrected chi connectivity index (χ0v) is 15.6. The van der Waals surface area contributed by atoms with Gasteiger partial charge in [-0.15, -0.1) is 0 Å². The van der Waals surface area contributed by atoms with Gasteiger partial charge in [-0.25, -0.2) is 9.37 Å². The van der Waals surface area contributed by atoms with Crippen molar-refractivity contribution in [3.63, 3.8) is 0 Å². The van der Waals surface area contributed by atoms with Crippen molar-refractivity contribution < 1.29 is 18.7 Å². The van der Waals surface area contributed by atoms with Gasteiger partial charge in [0, 0.05) is 25.0 Å². The maximum Gasteiger partial charge on any atom is 0.244 e. The number of halogens is 1. The molecule has 0 aliphatic heterocycles. The van der Waals surface area contributed by atoms with Gasteiger partial charge < -0.3 is 19.4 Å². The highest BCUT2D eigenvalue weighted by atomic mass is 19.1. The van der Waals surface area contributed by atoms with Crippen LogP contribution in [0.25, 0.3) is 11.8 Å². The molecule has 2 aromatic carbocycles. The lowest BCUT2D eigenvalue weighted by Gasteiger charge is -2.08. The van der Waals surface area contributed by atoms with Crippen molar-refractivity contribution in [3.8, 4) is 17.2 Å². The number of nitrogens with zero attached hydrogens (tertiary/aromatic N) is 2. The minimum absolute atomic E-state index is 0.218. The van der Waals surface area contributed by atoms with E-state index >= 15 is 0 Å². The number of carbonyl (C=O) groups is 1. The molecular weight excluding hydrogens is 361 g/mol. The Morgan fingerprint density at radius 3 is 2.68 bits per heavy atom. The number of amides is 1. The summed E-state index contributed by atoms with van der Waals surface area (Å²) in [5, 5.41) is 2.73. The summed E-state index contributed by atoms with van der Waals surface area (Å²) in [6, 6.07) is 10.2. The van der Waals surface area contributed by atoms with E-state index in [0.29, 0.717) is 22.7 Å². The minimum Gasteiger partial charge on any atom is -0.493 e. The van der Waals surface area contributed by atoms with Gasteiger partial charge in [0.15, 0.2) is 11.5 Å². The third-order valence-electron chi connectivity index (χ3n) is 4.10. The van der Waals surface area contributed by atoms with Crippen molar-refractivity contribution in [2.24, 2.45) is 0 Å². The Morgan fingerprint density at radius 1 is 1.18 bits per heavy atom. The van der Waals surface area contributed by atoms with Crippen molar-refractivity contribution >= 4 is 12.0 Å². The zero-order chi connectivity index (χ0) is 19.9. The number of carbonyl (C=O) groups excluding carboxylic acids is 1. The van der Waals surface area contributed by atoms with Gasteiger partial charge >= 0.3 is 0 Å². The molecule has 7 heteroatoms. The predicted molar refractivity (Wildman–Crippen MR) is 104 cm³/mol. The lowest BCUT2D eigenvalue weighted by atomic mass is 10.1. The average molecular weight is 381 g/mol. The van der Waals surface area contributed by atoms with Gasteiger partial charge in [-0.3, -0.25) is 4.79 Å². The van der Waals surface area contributed by atoms with E-state index in [9.17, 15) is 9.18 Å². The van der Waals surface area contributed by atoms with E-state index in [4.69, 9.17) is 9.47 Å². The Balaban J connectivity index is 1.60. The van der Waals surface area contributed by atoms with E-state index < -0.39 is 0 Å². The number of benzene rings is 2. The Kier molecular flexibility index (Phi) is 6.06. The van der Waals surface area contributed by atoms with Crippen molar-refractivity contribution in [2.45, 2.75) is 6.54 Å². The van der Waals surface area contributed by atoms with Crippen LogP contribution in [0.2, 0.25) is 0 Å². The van der Waals surface area contributed by atoms with Crippen LogP contribution in [0.5, 0.6) is 11.5 Å². The summed E-state index contributed by atoms with van der Waals surface area (Å²) in [5.41, 5.74) is 1.86. The van der Waals surface area contributed by atoms with Crippen LogP contribution in [0.4, 0.5) is 4.39 Å². The Hall–Kier alpha value is -3.61. The van der Waals surface area contributed by atoms with Gasteiger partial charge in [0.1, 0.15) is 5.82 Å². The standard InChI is InChI=1S/C21H20FN3O3/c1-27-19-7-4-15(12-20(19)28-2)5-8-21(26)24-13-16-3-6-18(17(22)11-16)25-10-9-23-14-25/h3-12,14H,13H2,1-2H3,(H,24,26). The van der Waals surface area contributed by atoms with Gasteiger partial charge in [-0.2, -0.15) is 0 Å². The molecule has 3 aromatic rings. The van der Waals surface area contributed by atoms with E-state index in [2.05, 4.69) is 10.3 Å². The minimum atomic E-state index is -0.384. The molecule has 28 heavy (non-hydrogen) atoms. The third kappa shape index (κ3) is 4.56. The smallest absolute Gasteiger partial charge is 0.244 e. The van der Waals surface area contributed by atoms with Crippen LogP contribution in [0.1, 0.15) is 11.1 Å². The molecule has 0 fully saturated rings. The molecule has 0 unspecified atom stereocenters. The molecule has 144 valence electrons. The maximum atomic E-state index is 14.2. The highest BCUT2D eigenvalue weighted by Gasteiger charge is 2.06. The Labute approximate surface area is 162 Å². The van der Waals surface area contributed by atoms with Crippen molar-refractivity contribution in [2.75, 3.05) is 14.2 Å². The molecule has 0 aliphatic carbocycles. The molecular formula is C21H20FN3O3. The fraction of sp³-hybridized carbons (Fsp3) is 0.143. The highest BCUT2D eigenvalue weighted by molar-refractivity contribution is 5.91. The molecule has 1 aromatic heterocycles. The van der Waals surface area contributed by atoms with Crippen LogP contribution in [0.3, 0.4) is 0 Å². The van der Waals surface area contributed by atoms with Gasteiger partial charge in [0.05, 0.1) is 26.2 Å². The number of imidazole rings is 1. The molecule has 0 aliphatic rings. The average Bonchev–Trinajstić information content (AvgIpc) is 3.25. The van der Waals surface area contributed by atoms with E-state index in [1.807, 2.05) is 6.07 Å². The molecule has 1 amide bonds. The summed E-state index contributed by atoms with van der Waals surface area (Å²) in [6.07, 6.45) is 7.85. The fourth-order valence-electron chi connectivity index (χ4n) is 2.65. The number of nitrogens with one attached hydrogen (secondary N) is 1. The second-order valence-corrected chi connectivity index (χ2v) is 5.92. The van der Waals surface area contributed by atoms with Crippen molar-refractivity contribution in [3.05, 3.63) is 78.1 Å². The van der Waals surface area contributed by atoms with Crippen LogP contribution in [0, 0.1) is 5.82 Å². The largest absolute Gasteiger partial charge is 0.493 e. The normalized spacial score (nSPS) is 10.8. The number of rotatable bonds is 7. The van der Waals surface area contributed by atoms with Crippen LogP contribution < -0.4 is 14.8 Å². The molecule has 0 atom stereocenters. The Bertz CT molecular complexity index is 985. The van der Waals surface area contributed by atoms with E-state index in [1.165, 1.54) is 18.5 Å². The summed E-state index contributed by atoms with van der Waals surface area (Å²) in [7, 11) is 3.11. The molecule has 0 saturated heterocycles. The van der Waals surface area contributed by atoms with Gasteiger partial charge in [-0.1, -0.05) is 12.1 Å². The molecule has 1 N–H and O–H groups in total. The molecule has 0 radical (unpaired) electrons. The monoisotopic (exact) mass is 381 g/mol. The molecule has 6 nitrogen and oxygen atoms in total. The van der Waals surface area contributed by atoms with Crippen molar-refractivity contribution in [1.82, 2.24) is 14.9 Å². The highest BCUT2D eigenvalue weighted by Crippen LogP contribution is 2.27. The number of hydrogen-bond donors (Lipinski definition) is 1. The summed E-state index contributed by atoms with van der Waals surface area (Å²) >= 11 is 0. The van der Waals surface area contributed by atoms with Crippen molar-refractivity contribution in [1.29, 1.82) is 0 Å². The predicted octanol–water partition coefficient (Wildman–Crippen LogP) is 3.36. The van der Waals surface area contributed by atoms with Crippen LogP contribution in [-0.4, -0.2) is 29.7 Å². The first kappa shape index (κ1) is 19.2. The zero-order valence-electron chi connectivity index (χ0n) is 15.6. The molecule has 3 rings (SSSR count). The van der Waals surface area contributed by atoms with E-state index in [-0.39, 0.29) is 18.3 Å². The first-order valence-corrected chi connectivity index (χ1v) is 8.55. The number of aromatic nitrogens is 2. The Morgan fingerprint density at radius 2 is 2.00 bits per heavy atom. The number of methoxy groups -OCH3 is 2. The lowest BCUT2D eigenvalue weighted by Crippen LogP contribution is -2.20. The van der Waals surface area contributed by atoms with Gasteiger partial charge in [-0.05, 0) is 41.5 Å².